The van der Waals surface area contributed by atoms with Crippen molar-refractivity contribution in [2.45, 2.75) is 26.7 Å². The Balaban J connectivity index is 1.90. The number of unbranched alkanes of at least 4 members (excludes halogenated alkanes) is 1. The van der Waals surface area contributed by atoms with Gasteiger partial charge in [-0.3, -0.25) is 14.0 Å². The van der Waals surface area contributed by atoms with Gasteiger partial charge in [-0.25, -0.2) is 4.98 Å². The molecule has 2 aromatic heterocycles. The number of carbonyl (C=O) groups excluding carboxylic acids is 2. The topological polar surface area (TPSA) is 75.5 Å². The van der Waals surface area contributed by atoms with Crippen LogP contribution in [0.2, 0.25) is 5.02 Å². The minimum Gasteiger partial charge on any atom is -0.351 e. The highest BCUT2D eigenvalue weighted by Crippen LogP contribution is 2.21. The molecule has 0 bridgehead atoms. The highest BCUT2D eigenvalue weighted by molar-refractivity contribution is 6.31. The molecule has 0 aliphatic heterocycles. The van der Waals surface area contributed by atoms with Crippen LogP contribution < -0.4 is 10.6 Å². The Labute approximate surface area is 162 Å². The second-order valence-electron chi connectivity index (χ2n) is 6.27. The third-order valence-corrected chi connectivity index (χ3v) is 4.62. The van der Waals surface area contributed by atoms with Crippen LogP contribution in [0.15, 0.2) is 42.6 Å². The molecule has 1 aromatic carbocycles. The lowest BCUT2D eigenvalue weighted by molar-refractivity contribution is 0.0950. The van der Waals surface area contributed by atoms with Crippen molar-refractivity contribution in [1.29, 1.82) is 0 Å². The van der Waals surface area contributed by atoms with E-state index in [1.54, 1.807) is 40.9 Å². The number of hydrogen-bond acceptors (Lipinski definition) is 3. The summed E-state index contributed by atoms with van der Waals surface area (Å²) < 4.78 is 1.61. The van der Waals surface area contributed by atoms with Crippen molar-refractivity contribution in [2.24, 2.45) is 0 Å². The first-order valence-electron chi connectivity index (χ1n) is 8.84. The Bertz CT molecular complexity index is 997. The first kappa shape index (κ1) is 18.9. The van der Waals surface area contributed by atoms with Gasteiger partial charge in [-0.1, -0.05) is 37.1 Å². The Hall–Kier alpha value is -2.86. The molecule has 2 amide bonds. The zero-order valence-corrected chi connectivity index (χ0v) is 16.0. The molecular formula is C20H21ClN4O2. The molecule has 3 aromatic rings. The number of rotatable bonds is 6. The van der Waals surface area contributed by atoms with Gasteiger partial charge in [0.25, 0.3) is 11.8 Å². The van der Waals surface area contributed by atoms with E-state index in [-0.39, 0.29) is 17.4 Å². The fraction of sp³-hybridized carbons (Fsp3) is 0.250. The molecule has 3 rings (SSSR count). The molecule has 0 saturated heterocycles. The molecule has 0 aliphatic carbocycles. The predicted molar refractivity (Wildman–Crippen MR) is 107 cm³/mol. The molecule has 2 heterocycles. The van der Waals surface area contributed by atoms with Gasteiger partial charge in [-0.2, -0.15) is 0 Å². The number of nitrogens with zero attached hydrogens (tertiary/aromatic N) is 2. The maximum Gasteiger partial charge on any atom is 0.292 e. The summed E-state index contributed by atoms with van der Waals surface area (Å²) in [6, 6.07) is 10.6. The van der Waals surface area contributed by atoms with Crippen molar-refractivity contribution in [1.82, 2.24) is 14.7 Å². The Morgan fingerprint density at radius 2 is 2.00 bits per heavy atom. The van der Waals surface area contributed by atoms with E-state index >= 15 is 0 Å². The van der Waals surface area contributed by atoms with Gasteiger partial charge in [0.1, 0.15) is 0 Å². The number of anilines is 1. The molecule has 2 N–H and O–H groups in total. The fourth-order valence-electron chi connectivity index (χ4n) is 2.69. The zero-order chi connectivity index (χ0) is 19.4. The van der Waals surface area contributed by atoms with Gasteiger partial charge in [0, 0.05) is 23.5 Å². The van der Waals surface area contributed by atoms with Gasteiger partial charge in [-0.05, 0) is 43.2 Å². The molecule has 0 fully saturated rings. The van der Waals surface area contributed by atoms with E-state index < -0.39 is 5.91 Å². The summed E-state index contributed by atoms with van der Waals surface area (Å²) in [7, 11) is 0. The summed E-state index contributed by atoms with van der Waals surface area (Å²) in [6.45, 7) is 4.52. The highest BCUT2D eigenvalue weighted by atomic mass is 35.5. The summed E-state index contributed by atoms with van der Waals surface area (Å²) in [6.07, 6.45) is 3.58. The van der Waals surface area contributed by atoms with Crippen molar-refractivity contribution in [2.75, 3.05) is 11.9 Å². The minimum absolute atomic E-state index is 0.142. The largest absolute Gasteiger partial charge is 0.351 e. The molecule has 0 atom stereocenters. The van der Waals surface area contributed by atoms with Crippen molar-refractivity contribution in [3.8, 4) is 0 Å². The quantitative estimate of drug-likeness (QED) is 0.629. The Morgan fingerprint density at radius 3 is 2.74 bits per heavy atom. The van der Waals surface area contributed by atoms with Gasteiger partial charge in [0.2, 0.25) is 5.82 Å². The molecular weight excluding hydrogens is 364 g/mol. The van der Waals surface area contributed by atoms with Crippen LogP contribution in [0.1, 0.15) is 46.4 Å². The smallest absolute Gasteiger partial charge is 0.292 e. The van der Waals surface area contributed by atoms with Crippen molar-refractivity contribution < 1.29 is 9.59 Å². The van der Waals surface area contributed by atoms with Crippen LogP contribution in [0.5, 0.6) is 0 Å². The lowest BCUT2D eigenvalue weighted by Crippen LogP contribution is -2.25. The molecule has 6 nitrogen and oxygen atoms in total. The third kappa shape index (κ3) is 4.11. The van der Waals surface area contributed by atoms with Crippen LogP contribution >= 0.6 is 11.6 Å². The molecule has 7 heteroatoms. The Kier molecular flexibility index (Phi) is 5.76. The monoisotopic (exact) mass is 384 g/mol. The van der Waals surface area contributed by atoms with Crippen LogP contribution in [0.4, 0.5) is 5.69 Å². The van der Waals surface area contributed by atoms with E-state index in [1.807, 2.05) is 13.0 Å². The number of imidazole rings is 1. The first-order chi connectivity index (χ1) is 13.0. The fourth-order valence-corrected chi connectivity index (χ4v) is 2.87. The molecule has 140 valence electrons. The number of halogens is 1. The molecule has 0 saturated carbocycles. The Morgan fingerprint density at radius 1 is 1.19 bits per heavy atom. The molecule has 0 aliphatic rings. The number of benzene rings is 1. The van der Waals surface area contributed by atoms with Crippen molar-refractivity contribution in [3.63, 3.8) is 0 Å². The second kappa shape index (κ2) is 8.22. The highest BCUT2D eigenvalue weighted by Gasteiger charge is 2.21. The number of pyridine rings is 1. The number of fused-ring (bicyclic) bond motifs is 1. The maximum atomic E-state index is 12.8. The third-order valence-electron chi connectivity index (χ3n) is 4.21. The van der Waals surface area contributed by atoms with Crippen LogP contribution in [-0.2, 0) is 0 Å². The average molecular weight is 385 g/mol. The van der Waals surface area contributed by atoms with E-state index in [2.05, 4.69) is 22.5 Å². The summed E-state index contributed by atoms with van der Waals surface area (Å²) >= 11 is 6.12. The van der Waals surface area contributed by atoms with Crippen LogP contribution in [0.25, 0.3) is 5.52 Å². The van der Waals surface area contributed by atoms with E-state index in [4.69, 9.17) is 11.6 Å². The number of aromatic nitrogens is 2. The van der Waals surface area contributed by atoms with Crippen LogP contribution in [0.3, 0.4) is 0 Å². The summed E-state index contributed by atoms with van der Waals surface area (Å²) in [4.78, 5) is 29.5. The second-order valence-corrected chi connectivity index (χ2v) is 6.67. The van der Waals surface area contributed by atoms with E-state index in [0.29, 0.717) is 22.8 Å². The molecule has 0 spiro atoms. The summed E-state index contributed by atoms with van der Waals surface area (Å²) in [5, 5.41) is 6.19. The lowest BCUT2D eigenvalue weighted by atomic mass is 10.2. The van der Waals surface area contributed by atoms with E-state index in [0.717, 1.165) is 18.4 Å². The van der Waals surface area contributed by atoms with Gasteiger partial charge in [0.05, 0.1) is 5.52 Å². The van der Waals surface area contributed by atoms with Gasteiger partial charge >= 0.3 is 0 Å². The molecule has 0 radical (unpaired) electrons. The average Bonchev–Trinajstić information content (AvgIpc) is 3.05. The standard InChI is InChI=1S/C20H21ClN4O2/c1-3-4-10-22-19(26)17-16-7-5-6-11-25(16)18(24-17)20(27)23-14-9-8-13(2)15(21)12-14/h5-9,11-12H,3-4,10H2,1-2H3,(H,22,26)(H,23,27). The zero-order valence-electron chi connectivity index (χ0n) is 15.3. The number of nitrogens with one attached hydrogen (secondary N) is 2. The maximum absolute atomic E-state index is 12.8. The van der Waals surface area contributed by atoms with Crippen LogP contribution in [-0.4, -0.2) is 27.7 Å². The van der Waals surface area contributed by atoms with Crippen LogP contribution in [0, 0.1) is 6.92 Å². The minimum atomic E-state index is -0.413. The van der Waals surface area contributed by atoms with Crippen molar-refractivity contribution in [3.05, 3.63) is 64.7 Å². The van der Waals surface area contributed by atoms with E-state index in [9.17, 15) is 9.59 Å². The normalized spacial score (nSPS) is 10.8. The number of carbonyl (C=O) groups is 2. The summed E-state index contributed by atoms with van der Waals surface area (Å²) in [5.74, 6) is -0.559. The van der Waals surface area contributed by atoms with Gasteiger partial charge in [-0.15, -0.1) is 0 Å². The number of aryl methyl sites for hydroxylation is 1. The number of amides is 2. The predicted octanol–water partition coefficient (Wildman–Crippen LogP) is 4.08. The molecule has 0 unspecified atom stereocenters. The SMILES string of the molecule is CCCCNC(=O)c1nc(C(=O)Nc2ccc(C)c(Cl)c2)n2ccccc12. The summed E-state index contributed by atoms with van der Waals surface area (Å²) in [5.41, 5.74) is 2.31. The lowest BCUT2D eigenvalue weighted by Gasteiger charge is -2.06. The number of hydrogen-bond donors (Lipinski definition) is 2. The molecule has 27 heavy (non-hydrogen) atoms. The van der Waals surface area contributed by atoms with Crippen molar-refractivity contribution >= 4 is 34.6 Å². The first-order valence-corrected chi connectivity index (χ1v) is 9.22. The van der Waals surface area contributed by atoms with Gasteiger partial charge < -0.3 is 10.6 Å². The van der Waals surface area contributed by atoms with Gasteiger partial charge in [0.15, 0.2) is 5.69 Å². The van der Waals surface area contributed by atoms with E-state index in [1.165, 1.54) is 0 Å².